The largest absolute Gasteiger partial charge is 0.467 e. The summed E-state index contributed by atoms with van der Waals surface area (Å²) in [7, 11) is 1.08. The van der Waals surface area contributed by atoms with Gasteiger partial charge in [-0.05, 0) is 110 Å². The topological polar surface area (TPSA) is 281 Å². The maximum atomic E-state index is 15.0. The van der Waals surface area contributed by atoms with Crippen LogP contribution in [-0.4, -0.2) is 176 Å². The number of methoxy groups -OCH3 is 1. The van der Waals surface area contributed by atoms with Gasteiger partial charge < -0.3 is 79.1 Å². The zero-order valence-corrected chi connectivity index (χ0v) is 40.5. The average molecular weight is 955 g/mol. The molecule has 5 aliphatic carbocycles. The van der Waals surface area contributed by atoms with Gasteiger partial charge >= 0.3 is 5.97 Å². The molecule has 0 bridgehead atoms. The van der Waals surface area contributed by atoms with E-state index in [-0.39, 0.29) is 45.9 Å². The molecule has 0 aromatic heterocycles. The van der Waals surface area contributed by atoms with Crippen LogP contribution in [0.4, 0.5) is 0 Å². The number of allylic oxidation sites excluding steroid dienone is 2. The number of carbonyl (C=O) groups excluding carboxylic acids is 2. The Morgan fingerprint density at radius 3 is 1.97 bits per heavy atom. The molecule has 8 aliphatic rings. The molecule has 24 unspecified atom stereocenters. The van der Waals surface area contributed by atoms with E-state index in [1.807, 2.05) is 13.0 Å². The summed E-state index contributed by atoms with van der Waals surface area (Å²) in [5.74, 6) is -1.16. The number of fused-ring (bicyclic) bond motifs is 7. The molecular formula is C49H78O18. The van der Waals surface area contributed by atoms with Crippen molar-refractivity contribution in [1.29, 1.82) is 0 Å². The third-order valence-corrected chi connectivity index (χ3v) is 19.4. The monoisotopic (exact) mass is 955 g/mol. The highest BCUT2D eigenvalue weighted by atomic mass is 16.8. The van der Waals surface area contributed by atoms with Crippen molar-refractivity contribution in [2.45, 2.75) is 211 Å². The van der Waals surface area contributed by atoms with Crippen LogP contribution in [0, 0.1) is 50.2 Å². The lowest BCUT2D eigenvalue weighted by atomic mass is 9.33. The number of esters is 1. The first-order valence-corrected chi connectivity index (χ1v) is 24.5. The fourth-order valence-electron chi connectivity index (χ4n) is 14.9. The molecule has 7 fully saturated rings. The van der Waals surface area contributed by atoms with Crippen molar-refractivity contribution < 1.29 is 88.7 Å². The molecule has 3 saturated heterocycles. The Morgan fingerprint density at radius 1 is 0.701 bits per heavy atom. The minimum Gasteiger partial charge on any atom is -0.467 e. The summed E-state index contributed by atoms with van der Waals surface area (Å²) in [6.07, 6.45) is -16.9. The number of hydrogen-bond acceptors (Lipinski definition) is 18. The van der Waals surface area contributed by atoms with Gasteiger partial charge in [0.2, 0.25) is 0 Å². The van der Waals surface area contributed by atoms with Gasteiger partial charge in [-0.15, -0.1) is 0 Å². The number of aliphatic hydroxyl groups excluding tert-OH is 9. The fourth-order valence-corrected chi connectivity index (χ4v) is 14.9. The minimum absolute atomic E-state index is 0.139. The van der Waals surface area contributed by atoms with Gasteiger partial charge in [0.1, 0.15) is 61.0 Å². The highest BCUT2D eigenvalue weighted by molar-refractivity contribution is 5.95. The van der Waals surface area contributed by atoms with Crippen LogP contribution in [0.15, 0.2) is 11.6 Å². The summed E-state index contributed by atoms with van der Waals surface area (Å²) in [5.41, 5.74) is -0.521. The Morgan fingerprint density at radius 2 is 1.33 bits per heavy atom. The standard InChI is InChI=1S/C49H78O18/c1-22-29(53)31(55)35(59)41(62-22)66-37-32(56)30(54)26(20-50)63-42(37)67-38-34(58)33(57)36(40(60)61-9)65-43(38)64-28-11-12-46(5)27(47(28,6)21-51)10-13-49(8)39(46)25(52)18-23-24-19-44(2,3)14-15-45(24,4)16-17-48(23,49)7/h18,22,24,26-39,41-43,50-51,53-59H,10-17,19-21H2,1-9H3. The molecule has 24 atom stereocenters. The van der Waals surface area contributed by atoms with Gasteiger partial charge in [-0.1, -0.05) is 54.0 Å². The van der Waals surface area contributed by atoms with Gasteiger partial charge in [0.25, 0.3) is 0 Å². The van der Waals surface area contributed by atoms with Crippen molar-refractivity contribution in [2.75, 3.05) is 20.3 Å². The zero-order chi connectivity index (χ0) is 49.1. The average Bonchev–Trinajstić information content (AvgIpc) is 3.28. The molecule has 3 heterocycles. The van der Waals surface area contributed by atoms with Crippen molar-refractivity contribution in [3.05, 3.63) is 11.6 Å². The van der Waals surface area contributed by atoms with Crippen LogP contribution in [0.3, 0.4) is 0 Å². The second-order valence-corrected chi connectivity index (χ2v) is 23.7. The van der Waals surface area contributed by atoms with Crippen molar-refractivity contribution in [1.82, 2.24) is 0 Å². The van der Waals surface area contributed by atoms with Crippen LogP contribution in [0.2, 0.25) is 0 Å². The zero-order valence-electron chi connectivity index (χ0n) is 40.5. The van der Waals surface area contributed by atoms with Gasteiger partial charge in [-0.2, -0.15) is 0 Å². The number of rotatable bonds is 9. The van der Waals surface area contributed by atoms with E-state index in [0.29, 0.717) is 25.2 Å². The first kappa shape index (κ1) is 51.6. The molecule has 0 aromatic rings. The first-order chi connectivity index (χ1) is 31.3. The Bertz CT molecular complexity index is 1880. The van der Waals surface area contributed by atoms with E-state index in [2.05, 4.69) is 41.5 Å². The predicted molar refractivity (Wildman–Crippen MR) is 234 cm³/mol. The summed E-state index contributed by atoms with van der Waals surface area (Å²) < 4.78 is 41.5. The van der Waals surface area contributed by atoms with Crippen molar-refractivity contribution in [3.8, 4) is 0 Å². The van der Waals surface area contributed by atoms with E-state index in [9.17, 15) is 50.8 Å². The van der Waals surface area contributed by atoms with Gasteiger partial charge in [0.05, 0.1) is 32.5 Å². The minimum atomic E-state index is -1.98. The van der Waals surface area contributed by atoms with Crippen molar-refractivity contribution >= 4 is 11.8 Å². The molecule has 0 radical (unpaired) electrons. The van der Waals surface area contributed by atoms with Crippen LogP contribution in [0.5, 0.6) is 0 Å². The Balaban J connectivity index is 1.10. The molecule has 18 nitrogen and oxygen atoms in total. The lowest BCUT2D eigenvalue weighted by molar-refractivity contribution is -0.396. The van der Waals surface area contributed by atoms with Gasteiger partial charge in [0, 0.05) is 11.3 Å². The summed E-state index contributed by atoms with van der Waals surface area (Å²) >= 11 is 0. The highest BCUT2D eigenvalue weighted by Crippen LogP contribution is 2.75. The van der Waals surface area contributed by atoms with Crippen LogP contribution in [-0.2, 0) is 42.7 Å². The smallest absolute Gasteiger partial charge is 0.337 e. The number of ketones is 1. The van der Waals surface area contributed by atoms with Crippen molar-refractivity contribution in [2.24, 2.45) is 50.2 Å². The number of carbonyl (C=O) groups is 2. The van der Waals surface area contributed by atoms with Crippen LogP contribution >= 0.6 is 0 Å². The van der Waals surface area contributed by atoms with Crippen LogP contribution in [0.25, 0.3) is 0 Å². The molecule has 0 spiro atoms. The second kappa shape index (κ2) is 18.1. The number of aliphatic hydroxyl groups is 9. The van der Waals surface area contributed by atoms with Crippen LogP contribution in [0.1, 0.15) is 113 Å². The fraction of sp³-hybridized carbons (Fsp3) is 0.918. The van der Waals surface area contributed by atoms with E-state index in [1.54, 1.807) is 0 Å². The molecule has 9 N–H and O–H groups in total. The Hall–Kier alpha value is -1.72. The maximum absolute atomic E-state index is 15.0. The van der Waals surface area contributed by atoms with Gasteiger partial charge in [0.15, 0.2) is 30.8 Å². The Kier molecular flexibility index (Phi) is 13.9. The van der Waals surface area contributed by atoms with E-state index in [4.69, 9.17) is 33.2 Å². The lowest BCUT2D eigenvalue weighted by Crippen LogP contribution is -2.69. The molecular weight excluding hydrogens is 877 g/mol. The highest BCUT2D eigenvalue weighted by Gasteiger charge is 2.71. The third kappa shape index (κ3) is 8.12. The summed E-state index contributed by atoms with van der Waals surface area (Å²) in [5, 5.41) is 98.6. The summed E-state index contributed by atoms with van der Waals surface area (Å²) in [4.78, 5) is 28.1. The molecule has 0 aromatic carbocycles. The quantitative estimate of drug-likeness (QED) is 0.115. The SMILES string of the molecule is COC(=O)C1OC(OC2CCC3(C)C(CCC4(C)C3C(=O)C=C3C5CC(C)(C)CCC5(C)CCC34C)C2(C)CO)C(OC2OC(CO)C(O)C(O)C2OC2OC(C)C(O)C(O)C2O)C(O)C1O. The van der Waals surface area contributed by atoms with Crippen LogP contribution < -0.4 is 0 Å². The predicted octanol–water partition coefficient (Wildman–Crippen LogP) is 1.00. The van der Waals surface area contributed by atoms with Gasteiger partial charge in [-0.3, -0.25) is 4.79 Å². The molecule has 382 valence electrons. The number of ether oxygens (including phenoxy) is 7. The third-order valence-electron chi connectivity index (χ3n) is 19.4. The molecule has 4 saturated carbocycles. The van der Waals surface area contributed by atoms with E-state index in [0.717, 1.165) is 39.2 Å². The maximum Gasteiger partial charge on any atom is 0.337 e. The molecule has 0 amide bonds. The molecule has 3 aliphatic heterocycles. The van der Waals surface area contributed by atoms with E-state index >= 15 is 4.79 Å². The molecule has 18 heteroatoms. The summed E-state index contributed by atoms with van der Waals surface area (Å²) in [6.45, 7) is 16.2. The first-order valence-electron chi connectivity index (χ1n) is 24.5. The lowest BCUT2D eigenvalue weighted by Gasteiger charge is -2.70. The number of hydrogen-bond donors (Lipinski definition) is 9. The van der Waals surface area contributed by atoms with Crippen molar-refractivity contribution in [3.63, 3.8) is 0 Å². The summed E-state index contributed by atoms with van der Waals surface area (Å²) in [6, 6.07) is 0. The normalized spacial score (nSPS) is 54.1. The van der Waals surface area contributed by atoms with E-state index < -0.39 is 122 Å². The second-order valence-electron chi connectivity index (χ2n) is 23.7. The van der Waals surface area contributed by atoms with E-state index in [1.165, 1.54) is 18.9 Å². The van der Waals surface area contributed by atoms with Gasteiger partial charge in [-0.25, -0.2) is 4.79 Å². The molecule has 8 rings (SSSR count). The Labute approximate surface area is 393 Å². The molecule has 67 heavy (non-hydrogen) atoms.